The van der Waals surface area contributed by atoms with Gasteiger partial charge in [-0.25, -0.2) is 15.0 Å². The van der Waals surface area contributed by atoms with E-state index in [0.717, 1.165) is 39.4 Å². The maximum absolute atomic E-state index is 4.96. The Bertz CT molecular complexity index is 1110. The van der Waals surface area contributed by atoms with Gasteiger partial charge in [0, 0.05) is 11.0 Å². The first-order valence-electron chi connectivity index (χ1n) is 8.49. The van der Waals surface area contributed by atoms with E-state index in [1.807, 2.05) is 42.5 Å². The lowest BCUT2D eigenvalue weighted by atomic mass is 9.86. The summed E-state index contributed by atoms with van der Waals surface area (Å²) in [6.45, 7) is 4.40. The van der Waals surface area contributed by atoms with Gasteiger partial charge in [-0.05, 0) is 37.6 Å². The first-order valence-corrected chi connectivity index (χ1v) is 8.49. The topological polar surface area (TPSA) is 38.7 Å². The van der Waals surface area contributed by atoms with E-state index in [0.29, 0.717) is 0 Å². The number of nitrogens with zero attached hydrogens (tertiary/aromatic N) is 3. The van der Waals surface area contributed by atoms with Crippen molar-refractivity contribution in [1.29, 1.82) is 0 Å². The second-order valence-electron chi connectivity index (χ2n) is 6.99. The van der Waals surface area contributed by atoms with E-state index in [4.69, 9.17) is 15.0 Å². The third kappa shape index (κ3) is 2.02. The number of para-hydroxylation sites is 2. The summed E-state index contributed by atoms with van der Waals surface area (Å²) in [6, 6.07) is 22.6. The van der Waals surface area contributed by atoms with Gasteiger partial charge in [0.1, 0.15) is 5.69 Å². The van der Waals surface area contributed by atoms with Gasteiger partial charge < -0.3 is 0 Å². The van der Waals surface area contributed by atoms with Crippen LogP contribution in [0.25, 0.3) is 33.7 Å². The maximum Gasteiger partial charge on any atom is 0.112 e. The van der Waals surface area contributed by atoms with Gasteiger partial charge in [-0.15, -0.1) is 0 Å². The van der Waals surface area contributed by atoms with E-state index >= 15 is 0 Å². The van der Waals surface area contributed by atoms with Crippen LogP contribution < -0.4 is 0 Å². The van der Waals surface area contributed by atoms with Crippen LogP contribution in [0.15, 0.2) is 66.7 Å². The molecular formula is C22H17N3. The van der Waals surface area contributed by atoms with E-state index in [1.165, 1.54) is 5.56 Å². The number of benzene rings is 2. The number of hydrogen-bond donors (Lipinski definition) is 0. The van der Waals surface area contributed by atoms with E-state index in [1.54, 1.807) is 0 Å². The molecule has 0 saturated heterocycles. The number of hydrogen-bond acceptors (Lipinski definition) is 3. The second-order valence-corrected chi connectivity index (χ2v) is 6.99. The number of pyridine rings is 1. The van der Waals surface area contributed by atoms with Crippen molar-refractivity contribution in [3.05, 3.63) is 78.0 Å². The molecule has 1 aliphatic carbocycles. The normalized spacial score (nSPS) is 14.3. The Labute approximate surface area is 146 Å². The molecule has 3 heteroatoms. The van der Waals surface area contributed by atoms with Crippen LogP contribution in [0, 0.1) is 0 Å². The van der Waals surface area contributed by atoms with Crippen molar-refractivity contribution in [3.8, 4) is 22.6 Å². The highest BCUT2D eigenvalue weighted by Crippen LogP contribution is 2.46. The Balaban J connectivity index is 1.79. The molecule has 2 aromatic heterocycles. The molecule has 1 aliphatic rings. The van der Waals surface area contributed by atoms with Gasteiger partial charge in [0.25, 0.3) is 0 Å². The molecule has 5 rings (SSSR count). The molecule has 120 valence electrons. The molecule has 2 aromatic carbocycles. The molecular weight excluding hydrogens is 306 g/mol. The van der Waals surface area contributed by atoms with Gasteiger partial charge in [0.15, 0.2) is 0 Å². The highest BCUT2D eigenvalue weighted by Gasteiger charge is 2.39. The average molecular weight is 323 g/mol. The van der Waals surface area contributed by atoms with Crippen LogP contribution in [0.3, 0.4) is 0 Å². The quantitative estimate of drug-likeness (QED) is 0.495. The lowest BCUT2D eigenvalue weighted by Crippen LogP contribution is -2.17. The predicted molar refractivity (Wildman–Crippen MR) is 100 cm³/mol. The standard InChI is InChI=1S/C22H17N3/c1-22(2)15-12-13-16(14-8-4-3-5-9-14)23-19(15)20-21(22)25-18-11-7-6-10-17(18)24-20/h3-13H,1-2H3. The zero-order chi connectivity index (χ0) is 17.0. The van der Waals surface area contributed by atoms with Crippen LogP contribution in [-0.4, -0.2) is 15.0 Å². The molecule has 0 unspecified atom stereocenters. The van der Waals surface area contributed by atoms with Gasteiger partial charge in [-0.1, -0.05) is 48.5 Å². The zero-order valence-corrected chi connectivity index (χ0v) is 14.2. The Morgan fingerprint density at radius 2 is 1.32 bits per heavy atom. The summed E-state index contributed by atoms with van der Waals surface area (Å²) < 4.78 is 0. The summed E-state index contributed by atoms with van der Waals surface area (Å²) in [5.74, 6) is 0. The summed E-state index contributed by atoms with van der Waals surface area (Å²) in [5.41, 5.74) is 7.82. The second kappa shape index (κ2) is 4.96. The molecule has 0 saturated carbocycles. The fourth-order valence-electron chi connectivity index (χ4n) is 3.64. The molecule has 0 bridgehead atoms. The van der Waals surface area contributed by atoms with Crippen molar-refractivity contribution in [1.82, 2.24) is 15.0 Å². The summed E-state index contributed by atoms with van der Waals surface area (Å²) in [4.78, 5) is 14.8. The molecule has 0 radical (unpaired) electrons. The summed E-state index contributed by atoms with van der Waals surface area (Å²) in [6.07, 6.45) is 0. The van der Waals surface area contributed by atoms with Crippen molar-refractivity contribution in [2.45, 2.75) is 19.3 Å². The van der Waals surface area contributed by atoms with E-state index < -0.39 is 0 Å². The molecule has 2 heterocycles. The minimum Gasteiger partial charge on any atom is -0.248 e. The number of aromatic nitrogens is 3. The molecule has 0 amide bonds. The largest absolute Gasteiger partial charge is 0.248 e. The molecule has 4 aromatic rings. The minimum atomic E-state index is -0.191. The Morgan fingerprint density at radius 1 is 0.640 bits per heavy atom. The van der Waals surface area contributed by atoms with Crippen molar-refractivity contribution in [2.75, 3.05) is 0 Å². The van der Waals surface area contributed by atoms with Crippen molar-refractivity contribution in [3.63, 3.8) is 0 Å². The van der Waals surface area contributed by atoms with E-state index in [9.17, 15) is 0 Å². The minimum absolute atomic E-state index is 0.191. The molecule has 0 aliphatic heterocycles. The van der Waals surface area contributed by atoms with Gasteiger partial charge in [-0.2, -0.15) is 0 Å². The molecule has 0 spiro atoms. The lowest BCUT2D eigenvalue weighted by molar-refractivity contribution is 0.637. The molecule has 0 atom stereocenters. The maximum atomic E-state index is 4.96. The average Bonchev–Trinajstić information content (AvgIpc) is 2.87. The summed E-state index contributed by atoms with van der Waals surface area (Å²) >= 11 is 0. The Kier molecular flexibility index (Phi) is 2.84. The van der Waals surface area contributed by atoms with Gasteiger partial charge in [0.05, 0.1) is 28.1 Å². The van der Waals surface area contributed by atoms with E-state index in [2.05, 4.69) is 38.1 Å². The van der Waals surface area contributed by atoms with Crippen LogP contribution in [0.4, 0.5) is 0 Å². The first kappa shape index (κ1) is 14.3. The Hall–Kier alpha value is -3.07. The van der Waals surface area contributed by atoms with Crippen LogP contribution in [0.2, 0.25) is 0 Å². The number of rotatable bonds is 1. The van der Waals surface area contributed by atoms with Crippen LogP contribution in [0.5, 0.6) is 0 Å². The predicted octanol–water partition coefficient (Wildman–Crippen LogP) is 5.00. The molecule has 0 N–H and O–H groups in total. The van der Waals surface area contributed by atoms with Crippen LogP contribution >= 0.6 is 0 Å². The van der Waals surface area contributed by atoms with E-state index in [-0.39, 0.29) is 5.41 Å². The third-order valence-corrected chi connectivity index (χ3v) is 5.02. The monoisotopic (exact) mass is 323 g/mol. The van der Waals surface area contributed by atoms with Gasteiger partial charge >= 0.3 is 0 Å². The van der Waals surface area contributed by atoms with Crippen molar-refractivity contribution < 1.29 is 0 Å². The smallest absolute Gasteiger partial charge is 0.112 e. The van der Waals surface area contributed by atoms with Crippen molar-refractivity contribution in [2.24, 2.45) is 0 Å². The van der Waals surface area contributed by atoms with Gasteiger partial charge in [0.2, 0.25) is 0 Å². The summed E-state index contributed by atoms with van der Waals surface area (Å²) in [5, 5.41) is 0. The fraction of sp³-hybridized carbons (Fsp3) is 0.136. The SMILES string of the molecule is CC1(C)c2ccc(-c3ccccc3)nc2-c2nc3ccccc3nc21. The molecule has 0 fully saturated rings. The van der Waals surface area contributed by atoms with Crippen molar-refractivity contribution >= 4 is 11.0 Å². The lowest BCUT2D eigenvalue weighted by Gasteiger charge is -2.19. The highest BCUT2D eigenvalue weighted by molar-refractivity contribution is 5.83. The summed E-state index contributed by atoms with van der Waals surface area (Å²) in [7, 11) is 0. The molecule has 3 nitrogen and oxygen atoms in total. The molecule has 25 heavy (non-hydrogen) atoms. The fourth-order valence-corrected chi connectivity index (χ4v) is 3.64. The van der Waals surface area contributed by atoms with Crippen LogP contribution in [0.1, 0.15) is 25.1 Å². The Morgan fingerprint density at radius 3 is 2.08 bits per heavy atom. The van der Waals surface area contributed by atoms with Gasteiger partial charge in [-0.3, -0.25) is 0 Å². The first-order chi connectivity index (χ1) is 12.1. The zero-order valence-electron chi connectivity index (χ0n) is 14.2. The third-order valence-electron chi connectivity index (χ3n) is 5.02. The van der Waals surface area contributed by atoms with Crippen LogP contribution in [-0.2, 0) is 5.41 Å². The number of fused-ring (bicyclic) bond motifs is 4. The highest BCUT2D eigenvalue weighted by atomic mass is 14.9.